The number of likely N-dealkylation sites (tertiary alicyclic amines) is 1. The maximum atomic E-state index is 13.3. The van der Waals surface area contributed by atoms with Crippen molar-refractivity contribution in [2.24, 2.45) is 5.92 Å². The van der Waals surface area contributed by atoms with E-state index in [9.17, 15) is 18.0 Å². The summed E-state index contributed by atoms with van der Waals surface area (Å²) in [5, 5.41) is 2.84. The fourth-order valence-corrected chi connectivity index (χ4v) is 5.13. The zero-order valence-corrected chi connectivity index (χ0v) is 18.7. The molecule has 1 unspecified atom stereocenters. The fraction of sp³-hybridized carbons (Fsp3) is 0.682. The Morgan fingerprint density at radius 2 is 1.71 bits per heavy atom. The van der Waals surface area contributed by atoms with Crippen LogP contribution in [0.1, 0.15) is 50.5 Å². The predicted molar refractivity (Wildman–Crippen MR) is 120 cm³/mol. The number of amides is 2. The summed E-state index contributed by atoms with van der Waals surface area (Å²) in [6.45, 7) is 2.87. The van der Waals surface area contributed by atoms with Gasteiger partial charge in [-0.3, -0.25) is 0 Å². The lowest BCUT2D eigenvalue weighted by Gasteiger charge is -2.35. The van der Waals surface area contributed by atoms with E-state index >= 15 is 0 Å². The summed E-state index contributed by atoms with van der Waals surface area (Å²) in [4.78, 5) is 17.0. The van der Waals surface area contributed by atoms with E-state index in [1.165, 1.54) is 25.3 Å². The van der Waals surface area contributed by atoms with Gasteiger partial charge in [-0.2, -0.15) is 26.7 Å². The van der Waals surface area contributed by atoms with Crippen LogP contribution in [0.25, 0.3) is 0 Å². The molecule has 1 saturated carbocycles. The molecule has 1 atom stereocenters. The van der Waals surface area contributed by atoms with Crippen molar-refractivity contribution in [3.63, 3.8) is 0 Å². The van der Waals surface area contributed by atoms with Gasteiger partial charge in [-0.25, -0.2) is 4.79 Å². The molecule has 31 heavy (non-hydrogen) atoms. The van der Waals surface area contributed by atoms with Crippen LogP contribution < -0.4 is 10.2 Å². The number of hydrogen-bond acceptors (Lipinski definition) is 3. The normalized spacial score (nSPS) is 22.9. The number of rotatable bonds is 3. The highest BCUT2D eigenvalue weighted by Crippen LogP contribution is 2.38. The van der Waals surface area contributed by atoms with E-state index in [0.717, 1.165) is 37.8 Å². The number of alkyl halides is 3. The number of carbonyl (C=O) groups is 1. The largest absolute Gasteiger partial charge is 0.416 e. The molecule has 0 radical (unpaired) electrons. The molecule has 1 aliphatic carbocycles. The molecular formula is C22H32F3N3O2S. The minimum absolute atomic E-state index is 0. The van der Waals surface area contributed by atoms with E-state index in [1.54, 1.807) is 0 Å². The van der Waals surface area contributed by atoms with Crippen molar-refractivity contribution < 1.29 is 22.7 Å². The second kappa shape index (κ2) is 10.3. The lowest BCUT2D eigenvalue weighted by molar-refractivity contribution is -0.137. The Kier molecular flexibility index (Phi) is 8.02. The molecule has 4 rings (SSSR count). The van der Waals surface area contributed by atoms with Crippen LogP contribution in [0, 0.1) is 5.92 Å². The Morgan fingerprint density at radius 1 is 1.00 bits per heavy atom. The summed E-state index contributed by atoms with van der Waals surface area (Å²) in [6, 6.07) is 3.53. The third kappa shape index (κ3) is 5.61. The van der Waals surface area contributed by atoms with Gasteiger partial charge in [0.2, 0.25) is 0 Å². The molecule has 5 nitrogen and oxygen atoms in total. The average molecular weight is 460 g/mol. The van der Waals surface area contributed by atoms with E-state index in [1.807, 2.05) is 9.80 Å². The van der Waals surface area contributed by atoms with Crippen molar-refractivity contribution in [1.82, 2.24) is 4.90 Å². The molecule has 174 valence electrons. The number of morpholine rings is 1. The number of hydrogen-bond donors (Lipinski definition) is 1. The molecule has 3 aliphatic rings. The van der Waals surface area contributed by atoms with Gasteiger partial charge in [0.15, 0.2) is 0 Å². The summed E-state index contributed by atoms with van der Waals surface area (Å²) < 4.78 is 45.4. The summed E-state index contributed by atoms with van der Waals surface area (Å²) in [5.74, 6) is 0.507. The minimum atomic E-state index is -4.46. The van der Waals surface area contributed by atoms with Crippen LogP contribution in [0.5, 0.6) is 0 Å². The van der Waals surface area contributed by atoms with Gasteiger partial charge in [0.25, 0.3) is 0 Å². The molecule has 0 bridgehead atoms. The molecule has 2 amide bonds. The van der Waals surface area contributed by atoms with Gasteiger partial charge in [-0.05, 0) is 49.8 Å². The monoisotopic (exact) mass is 459 g/mol. The third-order valence-electron chi connectivity index (χ3n) is 6.67. The van der Waals surface area contributed by atoms with Crippen LogP contribution in [0.4, 0.5) is 29.3 Å². The maximum Gasteiger partial charge on any atom is 0.416 e. The van der Waals surface area contributed by atoms with Crippen LogP contribution in [0.3, 0.4) is 0 Å². The molecule has 0 aromatic heterocycles. The fourth-order valence-electron chi connectivity index (χ4n) is 5.13. The Morgan fingerprint density at radius 3 is 2.39 bits per heavy atom. The van der Waals surface area contributed by atoms with Crippen LogP contribution in [0.15, 0.2) is 18.2 Å². The van der Waals surface area contributed by atoms with E-state index in [0.29, 0.717) is 44.5 Å². The number of urea groups is 1. The number of benzene rings is 1. The number of anilines is 2. The highest BCUT2D eigenvalue weighted by atomic mass is 32.1. The van der Waals surface area contributed by atoms with Crippen molar-refractivity contribution in [2.75, 3.05) is 43.1 Å². The smallest absolute Gasteiger partial charge is 0.378 e. The van der Waals surface area contributed by atoms with Gasteiger partial charge in [0.1, 0.15) is 0 Å². The van der Waals surface area contributed by atoms with Crippen molar-refractivity contribution in [3.8, 4) is 0 Å². The van der Waals surface area contributed by atoms with Crippen LogP contribution in [-0.4, -0.2) is 49.8 Å². The Labute approximate surface area is 188 Å². The van der Waals surface area contributed by atoms with Crippen LogP contribution in [-0.2, 0) is 10.9 Å². The Hall–Kier alpha value is -1.61. The van der Waals surface area contributed by atoms with E-state index < -0.39 is 11.7 Å². The highest BCUT2D eigenvalue weighted by Gasteiger charge is 2.36. The van der Waals surface area contributed by atoms with E-state index in [-0.39, 0.29) is 31.3 Å². The Balaban J connectivity index is 0.00000272. The van der Waals surface area contributed by atoms with Gasteiger partial charge in [-0.15, -0.1) is 0 Å². The first kappa shape index (κ1) is 24.0. The predicted octanol–water partition coefficient (Wildman–Crippen LogP) is 5.23. The number of nitrogens with one attached hydrogen (secondary N) is 1. The number of halogens is 3. The topological polar surface area (TPSA) is 44.8 Å². The summed E-state index contributed by atoms with van der Waals surface area (Å²) in [7, 11) is 0. The average Bonchev–Trinajstić information content (AvgIpc) is 3.24. The van der Waals surface area contributed by atoms with Crippen molar-refractivity contribution >= 4 is 30.9 Å². The standard InChI is InChI=1S/C22H30F3N3O2.H2S/c23-22(24,25)17-8-9-20(27-11-13-30-14-12-27)18(15-17)26-21(29)28-10-4-7-19(28)16-5-2-1-3-6-16;/h8-9,15-16,19H,1-7,10-14H2,(H,26,29);1H2. The quantitative estimate of drug-likeness (QED) is 0.673. The summed E-state index contributed by atoms with van der Waals surface area (Å²) in [6.07, 6.45) is 3.40. The molecular weight excluding hydrogens is 427 g/mol. The summed E-state index contributed by atoms with van der Waals surface area (Å²) in [5.41, 5.74) is 0.0964. The molecule has 2 heterocycles. The van der Waals surface area contributed by atoms with E-state index in [4.69, 9.17) is 4.74 Å². The van der Waals surface area contributed by atoms with Gasteiger partial charge in [-0.1, -0.05) is 19.3 Å². The highest BCUT2D eigenvalue weighted by molar-refractivity contribution is 7.59. The second-order valence-corrected chi connectivity index (χ2v) is 8.56. The molecule has 2 aliphatic heterocycles. The van der Waals surface area contributed by atoms with Crippen molar-refractivity contribution in [3.05, 3.63) is 23.8 Å². The first-order chi connectivity index (χ1) is 14.4. The summed E-state index contributed by atoms with van der Waals surface area (Å²) >= 11 is 0. The lowest BCUT2D eigenvalue weighted by Crippen LogP contribution is -2.43. The zero-order chi connectivity index (χ0) is 21.1. The van der Waals surface area contributed by atoms with Crippen LogP contribution >= 0.6 is 13.5 Å². The van der Waals surface area contributed by atoms with Crippen molar-refractivity contribution in [1.29, 1.82) is 0 Å². The number of ether oxygens (including phenoxy) is 1. The minimum Gasteiger partial charge on any atom is -0.378 e. The molecule has 3 fully saturated rings. The lowest BCUT2D eigenvalue weighted by atomic mass is 9.83. The second-order valence-electron chi connectivity index (χ2n) is 8.56. The van der Waals surface area contributed by atoms with Gasteiger partial charge < -0.3 is 19.9 Å². The van der Waals surface area contributed by atoms with Crippen molar-refractivity contribution in [2.45, 2.75) is 57.2 Å². The van der Waals surface area contributed by atoms with Gasteiger partial charge in [0, 0.05) is 25.7 Å². The first-order valence-electron chi connectivity index (χ1n) is 11.0. The maximum absolute atomic E-state index is 13.3. The molecule has 1 aromatic rings. The first-order valence-corrected chi connectivity index (χ1v) is 11.0. The van der Waals surface area contributed by atoms with Gasteiger partial charge in [0.05, 0.1) is 30.2 Å². The molecule has 9 heteroatoms. The van der Waals surface area contributed by atoms with Gasteiger partial charge >= 0.3 is 12.2 Å². The SMILES string of the molecule is O=C(Nc1cc(C(F)(F)F)ccc1N1CCOCC1)N1CCCC1C1CCCCC1.S. The molecule has 1 N–H and O–H groups in total. The molecule has 1 aromatic carbocycles. The third-order valence-corrected chi connectivity index (χ3v) is 6.67. The molecule has 0 spiro atoms. The Bertz CT molecular complexity index is 750. The van der Waals surface area contributed by atoms with Crippen LogP contribution in [0.2, 0.25) is 0 Å². The van der Waals surface area contributed by atoms with E-state index in [2.05, 4.69) is 5.32 Å². The zero-order valence-electron chi connectivity index (χ0n) is 17.7. The number of carbonyl (C=O) groups excluding carboxylic acids is 1. The number of nitrogens with zero attached hydrogens (tertiary/aromatic N) is 2. The molecule has 2 saturated heterocycles.